The number of hydrogen-bond donors (Lipinski definition) is 2. The summed E-state index contributed by atoms with van der Waals surface area (Å²) in [6, 6.07) is 3.28. The molecule has 0 radical (unpaired) electrons. The Morgan fingerprint density at radius 2 is 2.28 bits per heavy atom. The quantitative estimate of drug-likeness (QED) is 0.791. The van der Waals surface area contributed by atoms with Gasteiger partial charge in [0.2, 0.25) is 5.91 Å². The second-order valence-electron chi connectivity index (χ2n) is 4.38. The molecule has 1 heterocycles. The van der Waals surface area contributed by atoms with E-state index in [1.807, 2.05) is 0 Å². The van der Waals surface area contributed by atoms with Gasteiger partial charge in [0.15, 0.2) is 0 Å². The first-order valence-electron chi connectivity index (χ1n) is 5.99. The summed E-state index contributed by atoms with van der Waals surface area (Å²) < 4.78 is 1.44. The second-order valence-corrected chi connectivity index (χ2v) is 4.38. The standard InChI is InChI=1S/C13H16N2O3/c16-12(14-10-5-2-1-3-6-10)9-15-8-4-7-11(15)13(17)18/h1-2,4,7-8,10H,3,5-6,9H2,(H,14,16)(H,17,18). The lowest BCUT2D eigenvalue weighted by Gasteiger charge is -2.19. The Morgan fingerprint density at radius 1 is 1.44 bits per heavy atom. The van der Waals surface area contributed by atoms with Gasteiger partial charge in [0.1, 0.15) is 12.2 Å². The zero-order valence-electron chi connectivity index (χ0n) is 10.0. The van der Waals surface area contributed by atoms with Crippen molar-refractivity contribution in [1.82, 2.24) is 9.88 Å². The van der Waals surface area contributed by atoms with Crippen molar-refractivity contribution in [3.8, 4) is 0 Å². The topological polar surface area (TPSA) is 71.3 Å². The molecular formula is C13H16N2O3. The van der Waals surface area contributed by atoms with E-state index in [1.54, 1.807) is 12.3 Å². The minimum atomic E-state index is -1.02. The van der Waals surface area contributed by atoms with Crippen LogP contribution in [0.5, 0.6) is 0 Å². The predicted octanol–water partition coefficient (Wildman–Crippen LogP) is 1.41. The molecule has 18 heavy (non-hydrogen) atoms. The SMILES string of the molecule is O=C(Cn1cccc1C(=O)O)NC1CC=CCC1. The highest BCUT2D eigenvalue weighted by atomic mass is 16.4. The summed E-state index contributed by atoms with van der Waals surface area (Å²) in [5.74, 6) is -1.16. The van der Waals surface area contributed by atoms with Crippen LogP contribution in [-0.4, -0.2) is 27.6 Å². The van der Waals surface area contributed by atoms with Crippen LogP contribution in [0.1, 0.15) is 29.8 Å². The molecule has 0 aliphatic heterocycles. The van der Waals surface area contributed by atoms with Crippen molar-refractivity contribution >= 4 is 11.9 Å². The summed E-state index contributed by atoms with van der Waals surface area (Å²) in [4.78, 5) is 22.7. The third-order valence-electron chi connectivity index (χ3n) is 3.00. The van der Waals surface area contributed by atoms with Crippen molar-refractivity contribution in [3.05, 3.63) is 36.2 Å². The number of carboxylic acids is 1. The van der Waals surface area contributed by atoms with E-state index in [0.29, 0.717) is 0 Å². The molecule has 5 heteroatoms. The maximum Gasteiger partial charge on any atom is 0.352 e. The molecule has 0 bridgehead atoms. The largest absolute Gasteiger partial charge is 0.477 e. The van der Waals surface area contributed by atoms with Crippen molar-refractivity contribution in [1.29, 1.82) is 0 Å². The van der Waals surface area contributed by atoms with Crippen LogP contribution in [0, 0.1) is 0 Å². The van der Waals surface area contributed by atoms with E-state index in [1.165, 1.54) is 10.6 Å². The second kappa shape index (κ2) is 5.53. The molecule has 1 amide bonds. The first-order valence-corrected chi connectivity index (χ1v) is 5.99. The molecule has 2 N–H and O–H groups in total. The maximum atomic E-state index is 11.8. The van der Waals surface area contributed by atoms with Crippen LogP contribution >= 0.6 is 0 Å². The number of carbonyl (C=O) groups excluding carboxylic acids is 1. The predicted molar refractivity (Wildman–Crippen MR) is 66.3 cm³/mol. The fourth-order valence-corrected chi connectivity index (χ4v) is 2.10. The number of rotatable bonds is 4. The molecule has 1 aromatic heterocycles. The lowest BCUT2D eigenvalue weighted by molar-refractivity contribution is -0.122. The smallest absolute Gasteiger partial charge is 0.352 e. The Labute approximate surface area is 105 Å². The monoisotopic (exact) mass is 248 g/mol. The van der Waals surface area contributed by atoms with Crippen molar-refractivity contribution in [2.45, 2.75) is 31.8 Å². The van der Waals surface area contributed by atoms with Crippen LogP contribution in [0.2, 0.25) is 0 Å². The van der Waals surface area contributed by atoms with Gasteiger partial charge in [-0.25, -0.2) is 4.79 Å². The fraction of sp³-hybridized carbons (Fsp3) is 0.385. The normalized spacial score (nSPS) is 18.6. The Bertz CT molecular complexity index is 476. The number of carbonyl (C=O) groups is 2. The maximum absolute atomic E-state index is 11.8. The number of hydrogen-bond acceptors (Lipinski definition) is 2. The van der Waals surface area contributed by atoms with Gasteiger partial charge < -0.3 is 15.0 Å². The average molecular weight is 248 g/mol. The van der Waals surface area contributed by atoms with Gasteiger partial charge in [-0.05, 0) is 31.4 Å². The lowest BCUT2D eigenvalue weighted by atomic mass is 10.0. The molecule has 1 aromatic rings. The van der Waals surface area contributed by atoms with Crippen LogP contribution in [-0.2, 0) is 11.3 Å². The molecule has 1 unspecified atom stereocenters. The summed E-state index contributed by atoms with van der Waals surface area (Å²) in [6.07, 6.45) is 8.55. The Kier molecular flexibility index (Phi) is 3.82. The van der Waals surface area contributed by atoms with Crippen molar-refractivity contribution in [2.75, 3.05) is 0 Å². The molecule has 5 nitrogen and oxygen atoms in total. The highest BCUT2D eigenvalue weighted by molar-refractivity contribution is 5.86. The Hall–Kier alpha value is -2.04. The van der Waals surface area contributed by atoms with Gasteiger partial charge >= 0.3 is 5.97 Å². The minimum Gasteiger partial charge on any atom is -0.477 e. The zero-order valence-corrected chi connectivity index (χ0v) is 10.0. The van der Waals surface area contributed by atoms with Gasteiger partial charge in [0.25, 0.3) is 0 Å². The molecular weight excluding hydrogens is 232 g/mol. The van der Waals surface area contributed by atoms with Crippen LogP contribution in [0.4, 0.5) is 0 Å². The van der Waals surface area contributed by atoms with Crippen LogP contribution in [0.3, 0.4) is 0 Å². The summed E-state index contributed by atoms with van der Waals surface area (Å²) in [5, 5.41) is 11.8. The van der Waals surface area contributed by atoms with Crippen molar-refractivity contribution < 1.29 is 14.7 Å². The number of amides is 1. The van der Waals surface area contributed by atoms with Gasteiger partial charge in [-0.2, -0.15) is 0 Å². The molecule has 0 fully saturated rings. The molecule has 0 saturated heterocycles. The van der Waals surface area contributed by atoms with Crippen molar-refractivity contribution in [2.24, 2.45) is 0 Å². The van der Waals surface area contributed by atoms with E-state index < -0.39 is 5.97 Å². The summed E-state index contributed by atoms with van der Waals surface area (Å²) in [7, 11) is 0. The fourth-order valence-electron chi connectivity index (χ4n) is 2.10. The molecule has 0 spiro atoms. The number of aromatic nitrogens is 1. The number of carboxylic acid groups (broad SMARTS) is 1. The number of nitrogens with one attached hydrogen (secondary N) is 1. The highest BCUT2D eigenvalue weighted by Gasteiger charge is 2.15. The van der Waals surface area contributed by atoms with E-state index in [-0.39, 0.29) is 24.2 Å². The van der Waals surface area contributed by atoms with Crippen LogP contribution < -0.4 is 5.32 Å². The van der Waals surface area contributed by atoms with Crippen LogP contribution in [0.15, 0.2) is 30.5 Å². The molecule has 96 valence electrons. The molecule has 1 aliphatic rings. The first-order chi connectivity index (χ1) is 8.66. The van der Waals surface area contributed by atoms with E-state index >= 15 is 0 Å². The third kappa shape index (κ3) is 3.00. The number of nitrogens with zero attached hydrogens (tertiary/aromatic N) is 1. The molecule has 2 rings (SSSR count). The summed E-state index contributed by atoms with van der Waals surface area (Å²) >= 11 is 0. The van der Waals surface area contributed by atoms with E-state index in [0.717, 1.165) is 19.3 Å². The van der Waals surface area contributed by atoms with E-state index in [9.17, 15) is 9.59 Å². The van der Waals surface area contributed by atoms with E-state index in [4.69, 9.17) is 5.11 Å². The third-order valence-corrected chi connectivity index (χ3v) is 3.00. The Morgan fingerprint density at radius 3 is 2.94 bits per heavy atom. The van der Waals surface area contributed by atoms with Gasteiger partial charge in [-0.15, -0.1) is 0 Å². The van der Waals surface area contributed by atoms with Gasteiger partial charge in [-0.1, -0.05) is 12.2 Å². The highest BCUT2D eigenvalue weighted by Crippen LogP contribution is 2.10. The summed E-state index contributed by atoms with van der Waals surface area (Å²) in [5.41, 5.74) is 0.133. The number of aromatic carboxylic acids is 1. The summed E-state index contributed by atoms with van der Waals surface area (Å²) in [6.45, 7) is 0.0504. The van der Waals surface area contributed by atoms with Crippen LogP contribution in [0.25, 0.3) is 0 Å². The first kappa shape index (κ1) is 12.4. The van der Waals surface area contributed by atoms with Crippen molar-refractivity contribution in [3.63, 3.8) is 0 Å². The zero-order chi connectivity index (χ0) is 13.0. The van der Waals surface area contributed by atoms with Gasteiger partial charge in [0.05, 0.1) is 0 Å². The van der Waals surface area contributed by atoms with Gasteiger partial charge in [0, 0.05) is 12.2 Å². The molecule has 0 aromatic carbocycles. The lowest BCUT2D eigenvalue weighted by Crippen LogP contribution is -2.37. The van der Waals surface area contributed by atoms with E-state index in [2.05, 4.69) is 17.5 Å². The minimum absolute atomic E-state index is 0.0504. The Balaban J connectivity index is 1.92. The molecule has 1 atom stereocenters. The van der Waals surface area contributed by atoms with Gasteiger partial charge in [-0.3, -0.25) is 4.79 Å². The molecule has 0 saturated carbocycles. The average Bonchev–Trinajstić information content (AvgIpc) is 2.78. The number of allylic oxidation sites excluding steroid dienone is 1. The molecule has 1 aliphatic carbocycles.